The first-order valence-electron chi connectivity index (χ1n) is 9.54. The number of aliphatic hydroxyl groups is 2. The topological polar surface area (TPSA) is 68.6 Å². The molecule has 0 spiro atoms. The Morgan fingerprint density at radius 2 is 2.07 bits per heavy atom. The molecule has 0 fully saturated rings. The van der Waals surface area contributed by atoms with Gasteiger partial charge in [-0.25, -0.2) is 4.98 Å². The van der Waals surface area contributed by atoms with E-state index < -0.39 is 6.10 Å². The molecular weight excluding hydrogens is 370 g/mol. The summed E-state index contributed by atoms with van der Waals surface area (Å²) in [5.74, 6) is 1.94. The Kier molecular flexibility index (Phi) is 5.71. The molecule has 1 aromatic heterocycles. The zero-order valence-corrected chi connectivity index (χ0v) is 16.7. The number of anilines is 2. The van der Waals surface area contributed by atoms with Gasteiger partial charge >= 0.3 is 0 Å². The average molecular weight is 396 g/mol. The number of fused-ring (bicyclic) bond motifs is 2. The van der Waals surface area contributed by atoms with Crippen LogP contribution in [0.25, 0.3) is 10.9 Å². The molecule has 146 valence electrons. The highest BCUT2D eigenvalue weighted by Gasteiger charge is 2.18. The maximum atomic E-state index is 9.77. The van der Waals surface area contributed by atoms with Crippen molar-refractivity contribution in [3.8, 4) is 0 Å². The molecule has 1 unspecified atom stereocenters. The van der Waals surface area contributed by atoms with Crippen LogP contribution in [0.4, 0.5) is 11.5 Å². The number of hydrogen-bond acceptors (Lipinski definition) is 6. The van der Waals surface area contributed by atoms with E-state index in [0.29, 0.717) is 6.54 Å². The Morgan fingerprint density at radius 3 is 2.93 bits per heavy atom. The lowest BCUT2D eigenvalue weighted by Gasteiger charge is -2.24. The molecule has 1 atom stereocenters. The summed E-state index contributed by atoms with van der Waals surface area (Å²) in [7, 11) is 0. The van der Waals surface area contributed by atoms with Crippen molar-refractivity contribution in [2.45, 2.75) is 24.5 Å². The third kappa shape index (κ3) is 4.09. The molecule has 4 rings (SSSR count). The number of aliphatic hydroxyl groups excluding tert-OH is 2. The second kappa shape index (κ2) is 8.39. The minimum absolute atomic E-state index is 0.262. The Hall–Kier alpha value is -2.28. The second-order valence-corrected chi connectivity index (χ2v) is 8.28. The van der Waals surface area contributed by atoms with Gasteiger partial charge < -0.3 is 20.4 Å². The summed E-state index contributed by atoms with van der Waals surface area (Å²) in [6.07, 6.45) is -0.794. The van der Waals surface area contributed by atoms with Crippen LogP contribution in [0.3, 0.4) is 0 Å². The number of thioether (sulfide) groups is 1. The Balaban J connectivity index is 1.71. The number of nitrogens with zero attached hydrogens (tertiary/aromatic N) is 2. The summed E-state index contributed by atoms with van der Waals surface area (Å²) in [6.45, 7) is 3.83. The lowest BCUT2D eigenvalue weighted by atomic mass is 10.1. The quantitative estimate of drug-likeness (QED) is 0.615. The summed E-state index contributed by atoms with van der Waals surface area (Å²) >= 11 is 1.89. The maximum absolute atomic E-state index is 9.77. The molecule has 0 amide bonds. The van der Waals surface area contributed by atoms with Crippen LogP contribution in [-0.4, -0.2) is 46.8 Å². The standard InChI is InChI=1S/C22H25N3O2S/c1-15-6-7-19-18(10-15)20(23-12-17(27)14-26)11-22(24-19)25-8-9-28-21-5-3-2-4-16(21)13-25/h2-7,10-11,17,26-27H,8-9,12-14H2,1H3,(H,23,24). The summed E-state index contributed by atoms with van der Waals surface area (Å²) < 4.78 is 0. The fourth-order valence-electron chi connectivity index (χ4n) is 3.45. The third-order valence-corrected chi connectivity index (χ3v) is 6.06. The predicted octanol–water partition coefficient (Wildman–Crippen LogP) is 3.42. The molecule has 5 nitrogen and oxygen atoms in total. The number of nitrogens with one attached hydrogen (secondary N) is 1. The fraction of sp³-hybridized carbons (Fsp3) is 0.318. The average Bonchev–Trinajstić information content (AvgIpc) is 2.94. The van der Waals surface area contributed by atoms with Crippen molar-refractivity contribution in [3.63, 3.8) is 0 Å². The summed E-state index contributed by atoms with van der Waals surface area (Å²) in [5, 5.41) is 23.2. The van der Waals surface area contributed by atoms with E-state index in [4.69, 9.17) is 10.1 Å². The van der Waals surface area contributed by atoms with E-state index in [1.807, 2.05) is 17.8 Å². The van der Waals surface area contributed by atoms with Crippen molar-refractivity contribution in [3.05, 3.63) is 59.7 Å². The third-order valence-electron chi connectivity index (χ3n) is 4.97. The normalized spacial score (nSPS) is 15.2. The van der Waals surface area contributed by atoms with Crippen molar-refractivity contribution < 1.29 is 10.2 Å². The molecule has 0 radical (unpaired) electrons. The number of pyridine rings is 1. The van der Waals surface area contributed by atoms with Gasteiger partial charge in [-0.05, 0) is 30.7 Å². The molecule has 28 heavy (non-hydrogen) atoms. The number of rotatable bonds is 5. The highest BCUT2D eigenvalue weighted by Crippen LogP contribution is 2.32. The van der Waals surface area contributed by atoms with Gasteiger partial charge in [0.25, 0.3) is 0 Å². The molecule has 0 saturated heterocycles. The van der Waals surface area contributed by atoms with Crippen LogP contribution in [0.15, 0.2) is 53.4 Å². The van der Waals surface area contributed by atoms with Gasteiger partial charge in [-0.2, -0.15) is 0 Å². The summed E-state index contributed by atoms with van der Waals surface area (Å²) in [4.78, 5) is 8.58. The SMILES string of the molecule is Cc1ccc2nc(N3CCSc4ccccc4C3)cc(NCC(O)CO)c2c1. The fourth-order valence-corrected chi connectivity index (χ4v) is 4.47. The number of aryl methyl sites for hydroxylation is 1. The van der Waals surface area contributed by atoms with Gasteiger partial charge in [-0.15, -0.1) is 11.8 Å². The lowest BCUT2D eigenvalue weighted by Crippen LogP contribution is -2.26. The van der Waals surface area contributed by atoms with Crippen LogP contribution in [0.1, 0.15) is 11.1 Å². The second-order valence-electron chi connectivity index (χ2n) is 7.14. The Bertz CT molecular complexity index is 979. The highest BCUT2D eigenvalue weighted by atomic mass is 32.2. The number of hydrogen-bond donors (Lipinski definition) is 3. The van der Waals surface area contributed by atoms with Crippen molar-refractivity contribution in [2.24, 2.45) is 0 Å². The van der Waals surface area contributed by atoms with Crippen LogP contribution in [0.2, 0.25) is 0 Å². The van der Waals surface area contributed by atoms with Gasteiger partial charge in [-0.1, -0.05) is 29.8 Å². The van der Waals surface area contributed by atoms with Gasteiger partial charge in [0.05, 0.1) is 18.2 Å². The first-order chi connectivity index (χ1) is 13.6. The van der Waals surface area contributed by atoms with E-state index in [1.54, 1.807) is 0 Å². The van der Waals surface area contributed by atoms with Gasteiger partial charge in [0.2, 0.25) is 0 Å². The van der Waals surface area contributed by atoms with Crippen molar-refractivity contribution in [2.75, 3.05) is 35.7 Å². The molecular formula is C22H25N3O2S. The van der Waals surface area contributed by atoms with E-state index in [1.165, 1.54) is 10.5 Å². The monoisotopic (exact) mass is 395 g/mol. The molecule has 3 aromatic rings. The minimum atomic E-state index is -0.794. The van der Waals surface area contributed by atoms with Gasteiger partial charge in [0, 0.05) is 47.4 Å². The Labute approximate surface area is 169 Å². The van der Waals surface area contributed by atoms with E-state index in [0.717, 1.165) is 46.8 Å². The van der Waals surface area contributed by atoms with Crippen molar-refractivity contribution in [1.82, 2.24) is 4.98 Å². The zero-order chi connectivity index (χ0) is 19.5. The van der Waals surface area contributed by atoms with Crippen LogP contribution < -0.4 is 10.2 Å². The molecule has 0 aliphatic carbocycles. The molecule has 2 aromatic carbocycles. The molecule has 6 heteroatoms. The van der Waals surface area contributed by atoms with Crippen LogP contribution in [0.5, 0.6) is 0 Å². The van der Waals surface area contributed by atoms with Crippen LogP contribution in [0, 0.1) is 6.92 Å². The molecule has 3 N–H and O–H groups in total. The molecule has 0 bridgehead atoms. The van der Waals surface area contributed by atoms with E-state index in [2.05, 4.69) is 59.6 Å². The molecule has 2 heterocycles. The lowest BCUT2D eigenvalue weighted by molar-refractivity contribution is 0.105. The van der Waals surface area contributed by atoms with Gasteiger partial charge in [0.1, 0.15) is 5.82 Å². The van der Waals surface area contributed by atoms with E-state index in [-0.39, 0.29) is 6.61 Å². The summed E-state index contributed by atoms with van der Waals surface area (Å²) in [5.41, 5.74) is 4.34. The molecule has 1 aliphatic rings. The number of aromatic nitrogens is 1. The smallest absolute Gasteiger partial charge is 0.131 e. The van der Waals surface area contributed by atoms with Crippen LogP contribution >= 0.6 is 11.8 Å². The minimum Gasteiger partial charge on any atom is -0.394 e. The van der Waals surface area contributed by atoms with Gasteiger partial charge in [-0.3, -0.25) is 0 Å². The first-order valence-corrected chi connectivity index (χ1v) is 10.5. The van der Waals surface area contributed by atoms with Crippen molar-refractivity contribution >= 4 is 34.2 Å². The van der Waals surface area contributed by atoms with Crippen LogP contribution in [-0.2, 0) is 6.54 Å². The predicted molar refractivity (Wildman–Crippen MR) is 116 cm³/mol. The molecule has 1 aliphatic heterocycles. The van der Waals surface area contributed by atoms with Gasteiger partial charge in [0.15, 0.2) is 0 Å². The van der Waals surface area contributed by atoms with E-state index >= 15 is 0 Å². The van der Waals surface area contributed by atoms with Crippen molar-refractivity contribution in [1.29, 1.82) is 0 Å². The molecule has 0 saturated carbocycles. The van der Waals surface area contributed by atoms with E-state index in [9.17, 15) is 5.11 Å². The maximum Gasteiger partial charge on any atom is 0.131 e. The first kappa shape index (κ1) is 19.1. The Morgan fingerprint density at radius 1 is 1.21 bits per heavy atom. The largest absolute Gasteiger partial charge is 0.394 e. The summed E-state index contributed by atoms with van der Waals surface area (Å²) in [6, 6.07) is 16.8. The highest BCUT2D eigenvalue weighted by molar-refractivity contribution is 7.99. The zero-order valence-electron chi connectivity index (χ0n) is 15.9. The number of benzene rings is 2.